The van der Waals surface area contributed by atoms with Gasteiger partial charge in [0.15, 0.2) is 0 Å². The van der Waals surface area contributed by atoms with Gasteiger partial charge in [0.1, 0.15) is 0 Å². The molecule has 0 spiro atoms. The van der Waals surface area contributed by atoms with Gasteiger partial charge in [-0.25, -0.2) is 0 Å². The van der Waals surface area contributed by atoms with Crippen molar-refractivity contribution in [2.45, 2.75) is 44.5 Å². The zero-order valence-corrected chi connectivity index (χ0v) is 10.7. The van der Waals surface area contributed by atoms with E-state index < -0.39 is 0 Å². The molecule has 0 saturated carbocycles. The molecule has 14 heavy (non-hydrogen) atoms. The number of rotatable bonds is 5. The zero-order valence-electron chi connectivity index (χ0n) is 9.92. The Balaban J connectivity index is 2.16. The van der Waals surface area contributed by atoms with Gasteiger partial charge >= 0.3 is 0 Å². The summed E-state index contributed by atoms with van der Waals surface area (Å²) >= 11 is 1.94. The number of likely N-dealkylation sites (tertiary alicyclic amines) is 1. The van der Waals surface area contributed by atoms with Crippen LogP contribution < -0.4 is 5.32 Å². The van der Waals surface area contributed by atoms with Gasteiger partial charge in [-0.15, -0.1) is 0 Å². The van der Waals surface area contributed by atoms with Crippen molar-refractivity contribution in [1.82, 2.24) is 10.2 Å². The van der Waals surface area contributed by atoms with Crippen LogP contribution in [0.2, 0.25) is 0 Å². The molecule has 2 nitrogen and oxygen atoms in total. The van der Waals surface area contributed by atoms with E-state index in [1.807, 2.05) is 11.8 Å². The highest BCUT2D eigenvalue weighted by atomic mass is 32.2. The molecule has 1 saturated heterocycles. The summed E-state index contributed by atoms with van der Waals surface area (Å²) in [5, 5.41) is 4.39. The number of hydrogen-bond donors (Lipinski definition) is 1. The summed E-state index contributed by atoms with van der Waals surface area (Å²) in [5.41, 5.74) is 0. The molecule has 0 radical (unpaired) electrons. The third-order valence-corrected chi connectivity index (χ3v) is 4.02. The first-order chi connectivity index (χ1) is 6.63. The van der Waals surface area contributed by atoms with Gasteiger partial charge in [0, 0.05) is 30.4 Å². The highest BCUT2D eigenvalue weighted by molar-refractivity contribution is 7.99. The lowest BCUT2D eigenvalue weighted by molar-refractivity contribution is 0.268. The average Bonchev–Trinajstić information content (AvgIpc) is 2.62. The fraction of sp³-hybridized carbons (Fsp3) is 1.00. The lowest BCUT2D eigenvalue weighted by Gasteiger charge is -2.21. The molecule has 1 N–H and O–H groups in total. The van der Waals surface area contributed by atoms with Crippen molar-refractivity contribution >= 4 is 11.8 Å². The maximum atomic E-state index is 3.65. The number of nitrogens with one attached hydrogen (secondary N) is 1. The molecular formula is C11H24N2S. The minimum absolute atomic E-state index is 0.708. The summed E-state index contributed by atoms with van der Waals surface area (Å²) < 4.78 is 0. The number of nitrogens with zero attached hydrogens (tertiary/aromatic N) is 1. The molecule has 0 bridgehead atoms. The van der Waals surface area contributed by atoms with Crippen LogP contribution in [0.1, 0.15) is 27.2 Å². The molecule has 1 aliphatic heterocycles. The van der Waals surface area contributed by atoms with Crippen molar-refractivity contribution in [3.63, 3.8) is 0 Å². The highest BCUT2D eigenvalue weighted by Gasteiger charge is 2.23. The Hall–Kier alpha value is 0.270. The van der Waals surface area contributed by atoms with E-state index in [9.17, 15) is 0 Å². The topological polar surface area (TPSA) is 15.3 Å². The summed E-state index contributed by atoms with van der Waals surface area (Å²) in [6, 6.07) is 1.44. The van der Waals surface area contributed by atoms with Crippen LogP contribution in [0.15, 0.2) is 0 Å². The van der Waals surface area contributed by atoms with Gasteiger partial charge in [-0.1, -0.05) is 6.92 Å². The standard InChI is InChI=1S/C11H24N2S/c1-9(2)13-6-5-11(8-13)12-7-10(3)14-4/h9-12H,5-8H2,1-4H3/t10-,11-/m1/s1. The molecule has 2 atom stereocenters. The Kier molecular flexibility index (Phi) is 5.28. The van der Waals surface area contributed by atoms with Crippen molar-refractivity contribution in [1.29, 1.82) is 0 Å². The SMILES string of the molecule is CS[C@H](C)CN[C@@H]1CCN(C(C)C)C1. The van der Waals surface area contributed by atoms with Crippen molar-refractivity contribution in [2.75, 3.05) is 25.9 Å². The van der Waals surface area contributed by atoms with Crippen LogP contribution in [0.3, 0.4) is 0 Å². The van der Waals surface area contributed by atoms with Crippen LogP contribution >= 0.6 is 11.8 Å². The normalized spacial score (nSPS) is 25.9. The Morgan fingerprint density at radius 3 is 2.64 bits per heavy atom. The van der Waals surface area contributed by atoms with Gasteiger partial charge in [-0.05, 0) is 33.1 Å². The van der Waals surface area contributed by atoms with Gasteiger partial charge in [-0.3, -0.25) is 4.90 Å². The smallest absolute Gasteiger partial charge is 0.0207 e. The fourth-order valence-corrected chi connectivity index (χ4v) is 2.10. The molecule has 0 aromatic heterocycles. The Labute approximate surface area is 92.8 Å². The second kappa shape index (κ2) is 5.99. The summed E-state index contributed by atoms with van der Waals surface area (Å²) in [6.07, 6.45) is 3.50. The zero-order chi connectivity index (χ0) is 10.6. The maximum absolute atomic E-state index is 3.65. The molecule has 0 aromatic carbocycles. The average molecular weight is 216 g/mol. The summed E-state index contributed by atoms with van der Waals surface area (Å²) in [6.45, 7) is 10.5. The van der Waals surface area contributed by atoms with Crippen molar-refractivity contribution in [3.8, 4) is 0 Å². The lowest BCUT2D eigenvalue weighted by atomic mass is 10.2. The molecule has 3 heteroatoms. The summed E-state index contributed by atoms with van der Waals surface area (Å²) in [7, 11) is 0. The molecule has 1 heterocycles. The van der Waals surface area contributed by atoms with E-state index in [1.165, 1.54) is 19.5 Å². The first-order valence-corrected chi connectivity index (χ1v) is 6.92. The Bertz CT molecular complexity index is 161. The van der Waals surface area contributed by atoms with Crippen molar-refractivity contribution in [3.05, 3.63) is 0 Å². The molecule has 0 amide bonds. The molecule has 0 aromatic rings. The van der Waals surface area contributed by atoms with E-state index in [0.29, 0.717) is 6.04 Å². The predicted molar refractivity (Wildman–Crippen MR) is 66.1 cm³/mol. The largest absolute Gasteiger partial charge is 0.312 e. The van der Waals surface area contributed by atoms with Crippen LogP contribution in [0.4, 0.5) is 0 Å². The second-order valence-corrected chi connectivity index (χ2v) is 5.80. The first-order valence-electron chi connectivity index (χ1n) is 5.63. The van der Waals surface area contributed by atoms with Gasteiger partial charge in [-0.2, -0.15) is 11.8 Å². The molecular weight excluding hydrogens is 192 g/mol. The van der Waals surface area contributed by atoms with Gasteiger partial charge in [0.2, 0.25) is 0 Å². The molecule has 0 aliphatic carbocycles. The van der Waals surface area contributed by atoms with Crippen LogP contribution in [-0.2, 0) is 0 Å². The fourth-order valence-electron chi connectivity index (χ4n) is 1.84. The molecule has 1 fully saturated rings. The summed E-state index contributed by atoms with van der Waals surface area (Å²) in [5.74, 6) is 0. The minimum atomic E-state index is 0.708. The number of thioether (sulfide) groups is 1. The van der Waals surface area contributed by atoms with E-state index in [0.717, 1.165) is 17.8 Å². The minimum Gasteiger partial charge on any atom is -0.312 e. The number of hydrogen-bond acceptors (Lipinski definition) is 3. The van der Waals surface area contributed by atoms with Crippen molar-refractivity contribution in [2.24, 2.45) is 0 Å². The summed E-state index contributed by atoms with van der Waals surface area (Å²) in [4.78, 5) is 2.56. The third-order valence-electron chi connectivity index (χ3n) is 3.05. The monoisotopic (exact) mass is 216 g/mol. The molecule has 84 valence electrons. The molecule has 1 aliphatic rings. The van der Waals surface area contributed by atoms with Crippen LogP contribution in [0.25, 0.3) is 0 Å². The second-order valence-electron chi connectivity index (χ2n) is 4.53. The van der Waals surface area contributed by atoms with E-state index >= 15 is 0 Å². The van der Waals surface area contributed by atoms with Gasteiger partial charge < -0.3 is 5.32 Å². The van der Waals surface area contributed by atoms with E-state index in [-0.39, 0.29) is 0 Å². The third kappa shape index (κ3) is 3.79. The van der Waals surface area contributed by atoms with E-state index in [2.05, 4.69) is 37.2 Å². The Morgan fingerprint density at radius 1 is 1.43 bits per heavy atom. The van der Waals surface area contributed by atoms with E-state index in [1.54, 1.807) is 0 Å². The van der Waals surface area contributed by atoms with Gasteiger partial charge in [0.25, 0.3) is 0 Å². The molecule has 1 rings (SSSR count). The van der Waals surface area contributed by atoms with E-state index in [4.69, 9.17) is 0 Å². The maximum Gasteiger partial charge on any atom is 0.0207 e. The molecule has 0 unspecified atom stereocenters. The van der Waals surface area contributed by atoms with Crippen LogP contribution in [-0.4, -0.2) is 48.1 Å². The lowest BCUT2D eigenvalue weighted by Crippen LogP contribution is -2.37. The van der Waals surface area contributed by atoms with Gasteiger partial charge in [0.05, 0.1) is 0 Å². The quantitative estimate of drug-likeness (QED) is 0.754. The van der Waals surface area contributed by atoms with Crippen LogP contribution in [0, 0.1) is 0 Å². The Morgan fingerprint density at radius 2 is 2.14 bits per heavy atom. The van der Waals surface area contributed by atoms with Crippen LogP contribution in [0.5, 0.6) is 0 Å². The highest BCUT2D eigenvalue weighted by Crippen LogP contribution is 2.13. The predicted octanol–water partition coefficient (Wildman–Crippen LogP) is 1.81. The van der Waals surface area contributed by atoms with Crippen molar-refractivity contribution < 1.29 is 0 Å². The first kappa shape index (κ1) is 12.3.